The molecule has 0 fully saturated rings. The van der Waals surface area contributed by atoms with Gasteiger partial charge in [-0.3, -0.25) is 14.4 Å². The average Bonchev–Trinajstić information content (AvgIpc) is 2.56. The van der Waals surface area contributed by atoms with Gasteiger partial charge in [0.25, 0.3) is 0 Å². The summed E-state index contributed by atoms with van der Waals surface area (Å²) in [6.45, 7) is 3.51. The monoisotopic (exact) mass is 352 g/mol. The zero-order valence-electron chi connectivity index (χ0n) is 13.9. The van der Waals surface area contributed by atoms with Crippen LogP contribution in [0.4, 0.5) is 5.69 Å². The summed E-state index contributed by atoms with van der Waals surface area (Å²) < 4.78 is 0. The molecule has 0 spiro atoms. The van der Waals surface area contributed by atoms with Crippen molar-refractivity contribution < 1.29 is 14.4 Å². The highest BCUT2D eigenvalue weighted by Gasteiger charge is 2.22. The molecule has 1 aromatic rings. The van der Waals surface area contributed by atoms with Crippen molar-refractivity contribution in [3.63, 3.8) is 0 Å². The first kappa shape index (κ1) is 20.0. The molecule has 5 N–H and O–H groups in total. The molecule has 0 unspecified atom stereocenters. The third kappa shape index (κ3) is 7.01. The van der Waals surface area contributed by atoms with Gasteiger partial charge in [-0.1, -0.05) is 19.1 Å². The second-order valence-corrected chi connectivity index (χ2v) is 6.13. The van der Waals surface area contributed by atoms with E-state index in [-0.39, 0.29) is 0 Å². The van der Waals surface area contributed by atoms with Crippen molar-refractivity contribution in [3.05, 3.63) is 29.8 Å². The molecule has 0 aliphatic carbocycles. The van der Waals surface area contributed by atoms with Gasteiger partial charge in [0, 0.05) is 12.2 Å². The summed E-state index contributed by atoms with van der Waals surface area (Å²) in [7, 11) is 0. The van der Waals surface area contributed by atoms with Crippen molar-refractivity contribution in [3.8, 4) is 0 Å². The summed E-state index contributed by atoms with van der Waals surface area (Å²) in [6, 6.07) is 6.35. The van der Waals surface area contributed by atoms with Crippen LogP contribution in [0.15, 0.2) is 24.3 Å². The van der Waals surface area contributed by atoms with Gasteiger partial charge in [-0.05, 0) is 42.7 Å². The van der Waals surface area contributed by atoms with Crippen molar-refractivity contribution in [1.29, 1.82) is 0 Å². The Morgan fingerprint density at radius 2 is 2.00 bits per heavy atom. The number of anilines is 1. The number of hydrogen-bond donors (Lipinski definition) is 4. The molecular formula is C16H24N4O3S. The number of carbonyl (C=O) groups excluding carboxylic acids is 3. The summed E-state index contributed by atoms with van der Waals surface area (Å²) in [5.74, 6) is -1.71. The number of benzene rings is 1. The first-order valence-electron chi connectivity index (χ1n) is 7.67. The minimum Gasteiger partial charge on any atom is -0.368 e. The Morgan fingerprint density at radius 3 is 2.62 bits per heavy atom. The molecule has 3 amide bonds. The van der Waals surface area contributed by atoms with Gasteiger partial charge in [0.2, 0.25) is 5.91 Å². The number of primary amides is 1. The van der Waals surface area contributed by atoms with Gasteiger partial charge in [0.05, 0.1) is 0 Å². The molecular weight excluding hydrogens is 328 g/mol. The highest BCUT2D eigenvalue weighted by molar-refractivity contribution is 7.98. The van der Waals surface area contributed by atoms with Crippen molar-refractivity contribution >= 4 is 35.2 Å². The fourth-order valence-electron chi connectivity index (χ4n) is 1.96. The van der Waals surface area contributed by atoms with Crippen molar-refractivity contribution in [2.75, 3.05) is 23.9 Å². The molecule has 8 heteroatoms. The summed E-state index contributed by atoms with van der Waals surface area (Å²) in [5, 5.41) is 8.07. The fourth-order valence-corrected chi connectivity index (χ4v) is 2.43. The van der Waals surface area contributed by atoms with Crippen molar-refractivity contribution in [2.24, 2.45) is 5.73 Å². The van der Waals surface area contributed by atoms with Crippen molar-refractivity contribution in [1.82, 2.24) is 10.6 Å². The second-order valence-electron chi connectivity index (χ2n) is 5.14. The van der Waals surface area contributed by atoms with Crippen molar-refractivity contribution in [2.45, 2.75) is 25.9 Å². The maximum Gasteiger partial charge on any atom is 0.313 e. The first-order chi connectivity index (χ1) is 11.5. The molecule has 0 aromatic heterocycles. The Labute approximate surface area is 146 Å². The Kier molecular flexibility index (Phi) is 8.88. The molecule has 1 atom stereocenters. The van der Waals surface area contributed by atoms with Crippen LogP contribution in [0.5, 0.6) is 0 Å². The lowest BCUT2D eigenvalue weighted by Gasteiger charge is -2.14. The predicted octanol–water partition coefficient (Wildman–Crippen LogP) is 0.458. The molecule has 0 aliphatic rings. The largest absolute Gasteiger partial charge is 0.368 e. The number of hydrogen-bond acceptors (Lipinski definition) is 5. The molecule has 0 aliphatic heterocycles. The number of nitrogens with two attached hydrogens (primary N) is 1. The van der Waals surface area contributed by atoms with Crippen LogP contribution in [0.3, 0.4) is 0 Å². The van der Waals surface area contributed by atoms with Crippen LogP contribution in [-0.2, 0) is 20.9 Å². The molecule has 0 saturated heterocycles. The molecule has 24 heavy (non-hydrogen) atoms. The Bertz CT molecular complexity index is 580. The van der Waals surface area contributed by atoms with Gasteiger partial charge in [-0.2, -0.15) is 11.8 Å². The summed E-state index contributed by atoms with van der Waals surface area (Å²) in [6.07, 6.45) is 2.26. The molecule has 7 nitrogen and oxygen atoms in total. The van der Waals surface area contributed by atoms with E-state index in [0.717, 1.165) is 12.1 Å². The highest BCUT2D eigenvalue weighted by atomic mass is 32.2. The smallest absolute Gasteiger partial charge is 0.313 e. The molecule has 1 aromatic carbocycles. The molecule has 0 heterocycles. The van der Waals surface area contributed by atoms with E-state index in [1.807, 2.05) is 19.2 Å². The van der Waals surface area contributed by atoms with Gasteiger partial charge >= 0.3 is 11.8 Å². The normalized spacial score (nSPS) is 11.6. The lowest BCUT2D eigenvalue weighted by atomic mass is 10.2. The van der Waals surface area contributed by atoms with Gasteiger partial charge in [0.1, 0.15) is 6.04 Å². The second kappa shape index (κ2) is 10.7. The summed E-state index contributed by atoms with van der Waals surface area (Å²) >= 11 is 1.53. The fraction of sp³-hybridized carbons (Fsp3) is 0.438. The van der Waals surface area contributed by atoms with Gasteiger partial charge < -0.3 is 21.7 Å². The lowest BCUT2D eigenvalue weighted by Crippen LogP contribution is -2.48. The molecule has 0 bridgehead atoms. The van der Waals surface area contributed by atoms with E-state index in [2.05, 4.69) is 16.0 Å². The van der Waals surface area contributed by atoms with Crippen LogP contribution in [0.25, 0.3) is 0 Å². The third-order valence-electron chi connectivity index (χ3n) is 3.23. The van der Waals surface area contributed by atoms with E-state index in [1.165, 1.54) is 11.8 Å². The maximum atomic E-state index is 12.0. The van der Waals surface area contributed by atoms with Crippen LogP contribution in [-0.4, -0.2) is 42.3 Å². The van der Waals surface area contributed by atoms with E-state index in [0.29, 0.717) is 24.4 Å². The van der Waals surface area contributed by atoms with Gasteiger partial charge in [-0.25, -0.2) is 0 Å². The maximum absolute atomic E-state index is 12.0. The number of thioether (sulfide) groups is 1. The zero-order valence-corrected chi connectivity index (χ0v) is 14.7. The van der Waals surface area contributed by atoms with Crippen LogP contribution < -0.4 is 21.7 Å². The first-order valence-corrected chi connectivity index (χ1v) is 9.07. The van der Waals surface area contributed by atoms with E-state index < -0.39 is 23.8 Å². The van der Waals surface area contributed by atoms with E-state index in [9.17, 15) is 14.4 Å². The number of carbonyl (C=O) groups is 3. The number of rotatable bonds is 9. The van der Waals surface area contributed by atoms with Crippen LogP contribution in [0.1, 0.15) is 18.9 Å². The van der Waals surface area contributed by atoms with E-state index in [4.69, 9.17) is 5.73 Å². The lowest BCUT2D eigenvalue weighted by molar-refractivity contribution is -0.137. The molecule has 1 rings (SSSR count). The van der Waals surface area contributed by atoms with Gasteiger partial charge in [0.15, 0.2) is 0 Å². The third-order valence-corrected chi connectivity index (χ3v) is 3.87. The topological polar surface area (TPSA) is 113 Å². The molecule has 132 valence electrons. The molecule has 0 radical (unpaired) electrons. The standard InChI is InChI=1S/C16H24N4O3S/c1-3-18-10-11-5-4-6-12(9-11)19-15(22)16(23)20-13(14(17)21)7-8-24-2/h4-6,9,13,18H,3,7-8,10H2,1-2H3,(H2,17,21)(H,19,22)(H,20,23)/t13-/m0/s1. The SMILES string of the molecule is CCNCc1cccc(NC(=O)C(=O)N[C@@H](CCSC)C(N)=O)c1. The molecule has 0 saturated carbocycles. The Morgan fingerprint density at radius 1 is 1.25 bits per heavy atom. The Hall–Kier alpha value is -2.06. The highest BCUT2D eigenvalue weighted by Crippen LogP contribution is 2.10. The Balaban J connectivity index is 2.62. The van der Waals surface area contributed by atoms with E-state index >= 15 is 0 Å². The summed E-state index contributed by atoms with van der Waals surface area (Å²) in [4.78, 5) is 35.2. The number of amides is 3. The zero-order chi connectivity index (χ0) is 17.9. The quantitative estimate of drug-likeness (QED) is 0.482. The number of nitrogens with one attached hydrogen (secondary N) is 3. The predicted molar refractivity (Wildman–Crippen MR) is 96.6 cm³/mol. The minimum atomic E-state index is -0.878. The van der Waals surface area contributed by atoms with Crippen LogP contribution in [0, 0.1) is 0 Å². The van der Waals surface area contributed by atoms with Crippen LogP contribution in [0.2, 0.25) is 0 Å². The minimum absolute atomic E-state index is 0.383. The summed E-state index contributed by atoms with van der Waals surface area (Å²) in [5.41, 5.74) is 6.75. The van der Waals surface area contributed by atoms with Crippen LogP contribution >= 0.6 is 11.8 Å². The van der Waals surface area contributed by atoms with Gasteiger partial charge in [-0.15, -0.1) is 0 Å². The average molecular weight is 352 g/mol. The van der Waals surface area contributed by atoms with E-state index in [1.54, 1.807) is 18.2 Å².